The SMILES string of the molecule is CC(C)CCNCCC(=O)N1CCOCC1. The quantitative estimate of drug-likeness (QED) is 0.686. The molecule has 0 aromatic carbocycles. The van der Waals surface area contributed by atoms with E-state index in [1.165, 1.54) is 6.42 Å². The lowest BCUT2D eigenvalue weighted by atomic mass is 10.1. The first kappa shape index (κ1) is 13.5. The van der Waals surface area contributed by atoms with Crippen LogP contribution in [0.15, 0.2) is 0 Å². The lowest BCUT2D eigenvalue weighted by molar-refractivity contribution is -0.135. The normalized spacial score (nSPS) is 16.8. The molecule has 1 aliphatic heterocycles. The van der Waals surface area contributed by atoms with Gasteiger partial charge < -0.3 is 15.0 Å². The Hall–Kier alpha value is -0.610. The van der Waals surface area contributed by atoms with E-state index in [-0.39, 0.29) is 5.91 Å². The van der Waals surface area contributed by atoms with Crippen molar-refractivity contribution in [3.63, 3.8) is 0 Å². The fraction of sp³-hybridized carbons (Fsp3) is 0.917. The summed E-state index contributed by atoms with van der Waals surface area (Å²) in [5.41, 5.74) is 0. The van der Waals surface area contributed by atoms with Crippen LogP contribution in [0, 0.1) is 5.92 Å². The molecule has 4 nitrogen and oxygen atoms in total. The highest BCUT2D eigenvalue weighted by Gasteiger charge is 2.15. The summed E-state index contributed by atoms with van der Waals surface area (Å²) < 4.78 is 5.21. The number of amides is 1. The first-order valence-corrected chi connectivity index (χ1v) is 6.26. The lowest BCUT2D eigenvalue weighted by Gasteiger charge is -2.26. The van der Waals surface area contributed by atoms with E-state index >= 15 is 0 Å². The van der Waals surface area contributed by atoms with Gasteiger partial charge in [-0.25, -0.2) is 0 Å². The monoisotopic (exact) mass is 228 g/mol. The van der Waals surface area contributed by atoms with Crippen molar-refractivity contribution in [2.75, 3.05) is 39.4 Å². The van der Waals surface area contributed by atoms with Gasteiger partial charge in [0.2, 0.25) is 5.91 Å². The molecule has 0 saturated carbocycles. The van der Waals surface area contributed by atoms with Gasteiger partial charge in [0.15, 0.2) is 0 Å². The number of carbonyl (C=O) groups excluding carboxylic acids is 1. The molecule has 0 spiro atoms. The molecule has 1 heterocycles. The van der Waals surface area contributed by atoms with Gasteiger partial charge in [-0.05, 0) is 18.9 Å². The van der Waals surface area contributed by atoms with Crippen LogP contribution in [0.25, 0.3) is 0 Å². The third kappa shape index (κ3) is 5.47. The maximum Gasteiger partial charge on any atom is 0.224 e. The van der Waals surface area contributed by atoms with Gasteiger partial charge in [-0.2, -0.15) is 0 Å². The van der Waals surface area contributed by atoms with Gasteiger partial charge in [-0.1, -0.05) is 13.8 Å². The second-order valence-corrected chi connectivity index (χ2v) is 4.68. The van der Waals surface area contributed by atoms with Crippen LogP contribution in [0.3, 0.4) is 0 Å². The Bertz CT molecular complexity index is 201. The molecular weight excluding hydrogens is 204 g/mol. The summed E-state index contributed by atoms with van der Waals surface area (Å²) in [6.45, 7) is 9.10. The minimum Gasteiger partial charge on any atom is -0.378 e. The van der Waals surface area contributed by atoms with Gasteiger partial charge in [0.05, 0.1) is 13.2 Å². The summed E-state index contributed by atoms with van der Waals surface area (Å²) in [5.74, 6) is 0.975. The van der Waals surface area contributed by atoms with E-state index < -0.39 is 0 Å². The van der Waals surface area contributed by atoms with Crippen LogP contribution in [0.2, 0.25) is 0 Å². The second kappa shape index (κ2) is 7.63. The average molecular weight is 228 g/mol. The molecule has 1 rings (SSSR count). The number of nitrogens with zero attached hydrogens (tertiary/aromatic N) is 1. The fourth-order valence-electron chi connectivity index (χ4n) is 1.68. The standard InChI is InChI=1S/C12H24N2O2/c1-11(2)3-5-13-6-4-12(15)14-7-9-16-10-8-14/h11,13H,3-10H2,1-2H3. The van der Waals surface area contributed by atoms with E-state index in [0.717, 1.165) is 32.1 Å². The topological polar surface area (TPSA) is 41.6 Å². The number of hydrogen-bond acceptors (Lipinski definition) is 3. The number of morpholine rings is 1. The summed E-state index contributed by atoms with van der Waals surface area (Å²) in [7, 11) is 0. The van der Waals surface area contributed by atoms with Crippen molar-refractivity contribution in [3.05, 3.63) is 0 Å². The van der Waals surface area contributed by atoms with Crippen molar-refractivity contribution >= 4 is 5.91 Å². The highest BCUT2D eigenvalue weighted by Crippen LogP contribution is 2.00. The molecule has 4 heteroatoms. The minimum absolute atomic E-state index is 0.250. The van der Waals surface area contributed by atoms with Crippen LogP contribution < -0.4 is 5.32 Å². The smallest absolute Gasteiger partial charge is 0.224 e. The molecule has 1 saturated heterocycles. The molecule has 94 valence electrons. The molecule has 1 fully saturated rings. The first-order chi connectivity index (χ1) is 7.70. The van der Waals surface area contributed by atoms with E-state index in [9.17, 15) is 4.79 Å². The molecule has 0 aliphatic carbocycles. The van der Waals surface area contributed by atoms with Crippen LogP contribution in [-0.2, 0) is 9.53 Å². The summed E-state index contributed by atoms with van der Waals surface area (Å²) in [6, 6.07) is 0. The van der Waals surface area contributed by atoms with E-state index in [1.807, 2.05) is 4.90 Å². The zero-order chi connectivity index (χ0) is 11.8. The van der Waals surface area contributed by atoms with Gasteiger partial charge in [0.1, 0.15) is 0 Å². The van der Waals surface area contributed by atoms with Crippen molar-refractivity contribution in [2.24, 2.45) is 5.92 Å². The van der Waals surface area contributed by atoms with Gasteiger partial charge >= 0.3 is 0 Å². The molecule has 0 aromatic heterocycles. The number of carbonyl (C=O) groups is 1. The predicted molar refractivity (Wildman–Crippen MR) is 64.3 cm³/mol. The maximum absolute atomic E-state index is 11.7. The molecule has 1 amide bonds. The van der Waals surface area contributed by atoms with Crippen molar-refractivity contribution in [2.45, 2.75) is 26.7 Å². The van der Waals surface area contributed by atoms with Gasteiger partial charge in [0.25, 0.3) is 0 Å². The van der Waals surface area contributed by atoms with Gasteiger partial charge in [-0.15, -0.1) is 0 Å². The summed E-state index contributed by atoms with van der Waals surface area (Å²) in [5, 5.41) is 3.31. The Kier molecular flexibility index (Phi) is 6.42. The maximum atomic E-state index is 11.7. The Morgan fingerprint density at radius 2 is 2.00 bits per heavy atom. The molecular formula is C12H24N2O2. The zero-order valence-corrected chi connectivity index (χ0v) is 10.5. The highest BCUT2D eigenvalue weighted by atomic mass is 16.5. The third-order valence-corrected chi connectivity index (χ3v) is 2.78. The van der Waals surface area contributed by atoms with Crippen molar-refractivity contribution in [1.29, 1.82) is 0 Å². The van der Waals surface area contributed by atoms with Crippen LogP contribution >= 0.6 is 0 Å². The number of ether oxygens (including phenoxy) is 1. The molecule has 0 bridgehead atoms. The zero-order valence-electron chi connectivity index (χ0n) is 10.5. The van der Waals surface area contributed by atoms with Gasteiger partial charge in [-0.3, -0.25) is 4.79 Å². The predicted octanol–water partition coefficient (Wildman–Crippen LogP) is 0.871. The van der Waals surface area contributed by atoms with E-state index in [1.54, 1.807) is 0 Å². The number of rotatable bonds is 6. The Labute approximate surface area is 98.3 Å². The Morgan fingerprint density at radius 1 is 1.31 bits per heavy atom. The van der Waals surface area contributed by atoms with Crippen molar-refractivity contribution < 1.29 is 9.53 Å². The van der Waals surface area contributed by atoms with Gasteiger partial charge in [0, 0.05) is 26.1 Å². The Morgan fingerprint density at radius 3 is 2.62 bits per heavy atom. The van der Waals surface area contributed by atoms with E-state index in [4.69, 9.17) is 4.74 Å². The highest BCUT2D eigenvalue weighted by molar-refractivity contribution is 5.76. The third-order valence-electron chi connectivity index (χ3n) is 2.78. The first-order valence-electron chi connectivity index (χ1n) is 6.26. The van der Waals surface area contributed by atoms with E-state index in [0.29, 0.717) is 19.6 Å². The average Bonchev–Trinajstić information content (AvgIpc) is 2.29. The van der Waals surface area contributed by atoms with Crippen LogP contribution in [0.4, 0.5) is 0 Å². The fourth-order valence-corrected chi connectivity index (χ4v) is 1.68. The number of hydrogen-bond donors (Lipinski definition) is 1. The summed E-state index contributed by atoms with van der Waals surface area (Å²) in [6.07, 6.45) is 1.78. The number of nitrogens with one attached hydrogen (secondary N) is 1. The van der Waals surface area contributed by atoms with Crippen LogP contribution in [-0.4, -0.2) is 50.2 Å². The lowest BCUT2D eigenvalue weighted by Crippen LogP contribution is -2.41. The summed E-state index contributed by atoms with van der Waals surface area (Å²) >= 11 is 0. The molecule has 0 atom stereocenters. The molecule has 0 unspecified atom stereocenters. The molecule has 1 N–H and O–H groups in total. The Balaban J connectivity index is 2.01. The van der Waals surface area contributed by atoms with E-state index in [2.05, 4.69) is 19.2 Å². The molecule has 16 heavy (non-hydrogen) atoms. The minimum atomic E-state index is 0.250. The van der Waals surface area contributed by atoms with Crippen molar-refractivity contribution in [3.8, 4) is 0 Å². The van der Waals surface area contributed by atoms with Crippen molar-refractivity contribution in [1.82, 2.24) is 10.2 Å². The van der Waals surface area contributed by atoms with Crippen LogP contribution in [0.1, 0.15) is 26.7 Å². The van der Waals surface area contributed by atoms with Crippen LogP contribution in [0.5, 0.6) is 0 Å². The second-order valence-electron chi connectivity index (χ2n) is 4.68. The summed E-state index contributed by atoms with van der Waals surface area (Å²) in [4.78, 5) is 13.6. The molecule has 0 radical (unpaired) electrons. The largest absolute Gasteiger partial charge is 0.378 e. The molecule has 1 aliphatic rings. The molecule has 0 aromatic rings.